The second kappa shape index (κ2) is 10.8. The molecule has 2 saturated heterocycles. The van der Waals surface area contributed by atoms with Gasteiger partial charge in [-0.1, -0.05) is 20.3 Å². The Hall–Kier alpha value is -0.300. The number of carbonyl (C=O) groups excluding carboxylic acids is 1. The van der Waals surface area contributed by atoms with Crippen molar-refractivity contribution in [2.45, 2.75) is 76.3 Å². The van der Waals surface area contributed by atoms with E-state index in [1.165, 1.54) is 38.5 Å². The molecule has 2 aliphatic rings. The number of unbranched alkanes of at least 4 members (excludes halogenated alkanes) is 1. The van der Waals surface area contributed by atoms with E-state index in [0.717, 1.165) is 24.7 Å². The maximum Gasteiger partial charge on any atom is 0.245 e. The molecule has 1 N–H and O–H groups in total. The van der Waals surface area contributed by atoms with Crippen LogP contribution in [0.2, 0.25) is 0 Å². The zero-order valence-corrected chi connectivity index (χ0v) is 16.8. The fourth-order valence-corrected chi connectivity index (χ4v) is 5.37. The average molecular weight is 374 g/mol. The largest absolute Gasteiger partial charge is 0.381 e. The van der Waals surface area contributed by atoms with Crippen molar-refractivity contribution in [3.05, 3.63) is 0 Å². The number of hydrogen-bond acceptors (Lipinski definition) is 5. The van der Waals surface area contributed by atoms with Gasteiger partial charge in [-0.15, -0.1) is 0 Å². The molecular weight excluding hydrogens is 338 g/mol. The predicted octanol–water partition coefficient (Wildman–Crippen LogP) is 3.74. The van der Waals surface area contributed by atoms with E-state index in [0.29, 0.717) is 42.1 Å². The summed E-state index contributed by atoms with van der Waals surface area (Å²) in [5.41, 5.74) is 0. The number of thioether (sulfide) groups is 1. The summed E-state index contributed by atoms with van der Waals surface area (Å²) in [5, 5.41) is 10.4. The zero-order valence-electron chi connectivity index (χ0n) is 16.0. The first-order valence-corrected chi connectivity index (χ1v) is 10.9. The molecule has 5 nitrogen and oxygen atoms in total. The number of nitrogens with zero attached hydrogens (tertiary/aromatic N) is 1. The van der Waals surface area contributed by atoms with E-state index in [1.807, 2.05) is 0 Å². The van der Waals surface area contributed by atoms with Crippen LogP contribution >= 0.6 is 11.8 Å². The van der Waals surface area contributed by atoms with Gasteiger partial charge in [0, 0.05) is 37.2 Å². The van der Waals surface area contributed by atoms with Gasteiger partial charge in [0.15, 0.2) is 0 Å². The van der Waals surface area contributed by atoms with Crippen LogP contribution in [0, 0.1) is 11.8 Å². The molecular formula is C19H35NO4S. The van der Waals surface area contributed by atoms with Crippen LogP contribution in [0.1, 0.15) is 58.8 Å². The number of hydrogen-bond donors (Lipinski definition) is 1. The summed E-state index contributed by atoms with van der Waals surface area (Å²) in [6.07, 6.45) is 7.76. The summed E-state index contributed by atoms with van der Waals surface area (Å²) in [4.78, 5) is 11.3. The molecule has 1 amide bonds. The lowest BCUT2D eigenvalue weighted by Crippen LogP contribution is -2.33. The van der Waals surface area contributed by atoms with E-state index < -0.39 is 0 Å². The van der Waals surface area contributed by atoms with Crippen LogP contribution in [0.15, 0.2) is 0 Å². The monoisotopic (exact) mass is 373 g/mol. The molecule has 2 bridgehead atoms. The molecule has 1 unspecified atom stereocenters. The fraction of sp³-hybridized carbons (Fsp3) is 0.947. The van der Waals surface area contributed by atoms with Gasteiger partial charge in [0.2, 0.25) is 5.91 Å². The normalized spacial score (nSPS) is 29.1. The van der Waals surface area contributed by atoms with Gasteiger partial charge < -0.3 is 9.47 Å². The average Bonchev–Trinajstić information content (AvgIpc) is 3.17. The minimum atomic E-state index is -0.236. The predicted molar refractivity (Wildman–Crippen MR) is 101 cm³/mol. The van der Waals surface area contributed by atoms with Crippen LogP contribution in [0.3, 0.4) is 0 Å². The van der Waals surface area contributed by atoms with Crippen molar-refractivity contribution in [3.8, 4) is 0 Å². The van der Waals surface area contributed by atoms with E-state index in [1.54, 1.807) is 0 Å². The summed E-state index contributed by atoms with van der Waals surface area (Å²) in [5.74, 6) is 2.12. The number of hydroxylamine groups is 2. The molecule has 2 fully saturated rings. The third-order valence-corrected chi connectivity index (χ3v) is 6.84. The molecule has 0 saturated carbocycles. The molecule has 0 spiro atoms. The second-order valence-corrected chi connectivity index (χ2v) is 8.97. The van der Waals surface area contributed by atoms with E-state index in [9.17, 15) is 4.79 Å². The van der Waals surface area contributed by atoms with Crippen LogP contribution in [0.5, 0.6) is 0 Å². The zero-order chi connectivity index (χ0) is 18.2. The smallest absolute Gasteiger partial charge is 0.245 e. The first-order chi connectivity index (χ1) is 12.0. The standard InChI is InChI=1S/C19H35NO4S/c1-4-7-14(2)25-13-16-15(17-9-10-18(16)24-17)12-23-11-6-5-8-19(21)20(3)22/h14-18,22H,4-13H2,1-3H3/t14?,15-,16+,17-,18+/m0/s1. The summed E-state index contributed by atoms with van der Waals surface area (Å²) in [6.45, 7) is 6.05. The number of ether oxygens (including phenoxy) is 2. The maximum absolute atomic E-state index is 11.3. The lowest BCUT2D eigenvalue weighted by molar-refractivity contribution is -0.159. The highest BCUT2D eigenvalue weighted by Crippen LogP contribution is 2.45. The van der Waals surface area contributed by atoms with Gasteiger partial charge in [0.25, 0.3) is 0 Å². The Morgan fingerprint density at radius 3 is 2.72 bits per heavy atom. The van der Waals surface area contributed by atoms with Crippen molar-refractivity contribution < 1.29 is 19.5 Å². The first-order valence-electron chi connectivity index (χ1n) is 9.83. The lowest BCUT2D eigenvalue weighted by atomic mass is 9.81. The molecule has 25 heavy (non-hydrogen) atoms. The third kappa shape index (κ3) is 6.42. The summed E-state index contributed by atoms with van der Waals surface area (Å²) in [6, 6.07) is 0. The lowest BCUT2D eigenvalue weighted by Gasteiger charge is -2.28. The highest BCUT2D eigenvalue weighted by atomic mass is 32.2. The Labute approximate surface area is 156 Å². The third-order valence-electron chi connectivity index (χ3n) is 5.46. The van der Waals surface area contributed by atoms with Crippen LogP contribution in [-0.4, -0.2) is 59.6 Å². The molecule has 5 atom stereocenters. The highest BCUT2D eigenvalue weighted by molar-refractivity contribution is 7.99. The summed E-state index contributed by atoms with van der Waals surface area (Å²) >= 11 is 2.09. The van der Waals surface area contributed by atoms with Crippen LogP contribution in [0.4, 0.5) is 0 Å². The SMILES string of the molecule is CCCC(C)SC[C@@H]1[C@H](COCCCCC(=O)N(C)O)[C@@H]2CC[C@H]1O2. The molecule has 2 aliphatic heterocycles. The van der Waals surface area contributed by atoms with Crippen molar-refractivity contribution >= 4 is 17.7 Å². The van der Waals surface area contributed by atoms with Gasteiger partial charge >= 0.3 is 0 Å². The molecule has 2 heterocycles. The van der Waals surface area contributed by atoms with Gasteiger partial charge in [-0.2, -0.15) is 11.8 Å². The molecule has 146 valence electrons. The van der Waals surface area contributed by atoms with Crippen molar-refractivity contribution in [1.29, 1.82) is 0 Å². The molecule has 0 aromatic carbocycles. The van der Waals surface area contributed by atoms with Crippen LogP contribution in [0.25, 0.3) is 0 Å². The van der Waals surface area contributed by atoms with Crippen molar-refractivity contribution in [2.75, 3.05) is 26.0 Å². The minimum Gasteiger partial charge on any atom is -0.381 e. The van der Waals surface area contributed by atoms with Gasteiger partial charge in [0.05, 0.1) is 18.8 Å². The number of rotatable bonds is 12. The van der Waals surface area contributed by atoms with E-state index >= 15 is 0 Å². The summed E-state index contributed by atoms with van der Waals surface area (Å²) in [7, 11) is 1.37. The van der Waals surface area contributed by atoms with Gasteiger partial charge in [0.1, 0.15) is 0 Å². The molecule has 0 aliphatic carbocycles. The number of fused-ring (bicyclic) bond motifs is 2. The van der Waals surface area contributed by atoms with E-state index in [2.05, 4.69) is 25.6 Å². The molecule has 6 heteroatoms. The maximum atomic E-state index is 11.3. The first kappa shape index (κ1) is 21.0. The van der Waals surface area contributed by atoms with Crippen molar-refractivity contribution in [1.82, 2.24) is 5.06 Å². The second-order valence-electron chi connectivity index (χ2n) is 7.50. The summed E-state index contributed by atoms with van der Waals surface area (Å²) < 4.78 is 12.1. The Morgan fingerprint density at radius 1 is 1.32 bits per heavy atom. The van der Waals surface area contributed by atoms with Gasteiger partial charge in [-0.05, 0) is 37.9 Å². The van der Waals surface area contributed by atoms with Crippen LogP contribution in [-0.2, 0) is 14.3 Å². The fourth-order valence-electron chi connectivity index (χ4n) is 3.96. The molecule has 0 aromatic rings. The highest BCUT2D eigenvalue weighted by Gasteiger charge is 2.48. The molecule has 0 radical (unpaired) electrons. The topological polar surface area (TPSA) is 59.0 Å². The Kier molecular flexibility index (Phi) is 9.03. The number of carbonyl (C=O) groups is 1. The molecule has 2 rings (SSSR count). The van der Waals surface area contributed by atoms with Crippen molar-refractivity contribution in [2.24, 2.45) is 11.8 Å². The van der Waals surface area contributed by atoms with E-state index in [4.69, 9.17) is 14.7 Å². The quantitative estimate of drug-likeness (QED) is 0.321. The van der Waals surface area contributed by atoms with E-state index in [-0.39, 0.29) is 5.91 Å². The minimum absolute atomic E-state index is 0.236. The van der Waals surface area contributed by atoms with Crippen molar-refractivity contribution in [3.63, 3.8) is 0 Å². The Bertz CT molecular complexity index is 407. The Morgan fingerprint density at radius 2 is 2.04 bits per heavy atom. The Balaban J connectivity index is 1.64. The van der Waals surface area contributed by atoms with Gasteiger partial charge in [-0.25, -0.2) is 5.06 Å². The van der Waals surface area contributed by atoms with Gasteiger partial charge in [-0.3, -0.25) is 10.0 Å². The molecule has 0 aromatic heterocycles. The van der Waals surface area contributed by atoms with Crippen LogP contribution < -0.4 is 0 Å². The number of amides is 1.